The van der Waals surface area contributed by atoms with Crippen molar-refractivity contribution in [1.82, 2.24) is 5.32 Å². The number of carbonyl (C=O) groups is 1. The first-order chi connectivity index (χ1) is 16.0. The van der Waals surface area contributed by atoms with Crippen LogP contribution in [0.3, 0.4) is 0 Å². The van der Waals surface area contributed by atoms with E-state index in [0.29, 0.717) is 22.8 Å². The summed E-state index contributed by atoms with van der Waals surface area (Å²) in [4.78, 5) is 12.8. The van der Waals surface area contributed by atoms with Gasteiger partial charge in [0.1, 0.15) is 0 Å². The van der Waals surface area contributed by atoms with Gasteiger partial charge in [0.15, 0.2) is 16.6 Å². The van der Waals surface area contributed by atoms with E-state index in [0.717, 1.165) is 17.7 Å². The van der Waals surface area contributed by atoms with Crippen LogP contribution in [0.5, 0.6) is 17.2 Å². The maximum absolute atomic E-state index is 12.8. The Bertz CT molecular complexity index is 1230. The Morgan fingerprint density at radius 1 is 0.909 bits per heavy atom. The summed E-state index contributed by atoms with van der Waals surface area (Å²) in [5.74, 6) is 0.799. The van der Waals surface area contributed by atoms with Crippen molar-refractivity contribution in [3.8, 4) is 17.2 Å². The average Bonchev–Trinajstić information content (AvgIpc) is 3.27. The van der Waals surface area contributed by atoms with Gasteiger partial charge in [-0.1, -0.05) is 42.5 Å². The quantitative estimate of drug-likeness (QED) is 0.508. The van der Waals surface area contributed by atoms with E-state index in [9.17, 15) is 4.79 Å². The molecule has 4 rings (SSSR count). The fourth-order valence-electron chi connectivity index (χ4n) is 3.81. The highest BCUT2D eigenvalue weighted by Gasteiger charge is 2.18. The summed E-state index contributed by atoms with van der Waals surface area (Å²) in [6, 6.07) is 19.5. The number of nitrogens with one attached hydrogen (secondary N) is 2. The van der Waals surface area contributed by atoms with Crippen molar-refractivity contribution in [3.63, 3.8) is 0 Å². The summed E-state index contributed by atoms with van der Waals surface area (Å²) in [5, 5.41) is 5.98. The molecular formula is C26H24N2O4S. The Kier molecular flexibility index (Phi) is 6.60. The molecule has 6 nitrogen and oxygen atoms in total. The molecule has 33 heavy (non-hydrogen) atoms. The molecule has 168 valence electrons. The monoisotopic (exact) mass is 460 g/mol. The molecule has 1 aliphatic carbocycles. The van der Waals surface area contributed by atoms with Gasteiger partial charge in [-0.3, -0.25) is 10.1 Å². The van der Waals surface area contributed by atoms with E-state index in [-0.39, 0.29) is 5.11 Å². The molecule has 0 saturated heterocycles. The fourth-order valence-corrected chi connectivity index (χ4v) is 4.02. The fraction of sp³-hybridized carbons (Fsp3) is 0.154. The lowest BCUT2D eigenvalue weighted by Crippen LogP contribution is -2.34. The van der Waals surface area contributed by atoms with E-state index in [4.69, 9.17) is 26.4 Å². The molecule has 1 amide bonds. The Morgan fingerprint density at radius 2 is 1.64 bits per heavy atom. The zero-order valence-electron chi connectivity index (χ0n) is 18.6. The van der Waals surface area contributed by atoms with Gasteiger partial charge >= 0.3 is 0 Å². The number of thiocarbonyl (C=S) groups is 1. The van der Waals surface area contributed by atoms with Gasteiger partial charge in [-0.15, -0.1) is 0 Å². The molecule has 3 aromatic rings. The first-order valence-corrected chi connectivity index (χ1v) is 10.7. The summed E-state index contributed by atoms with van der Waals surface area (Å²) in [6.07, 6.45) is 3.10. The van der Waals surface area contributed by atoms with Crippen LogP contribution in [0.15, 0.2) is 60.7 Å². The van der Waals surface area contributed by atoms with E-state index < -0.39 is 5.91 Å². The van der Waals surface area contributed by atoms with Crippen LogP contribution < -0.4 is 24.8 Å². The lowest BCUT2D eigenvalue weighted by molar-refractivity contribution is 0.0977. The number of methoxy groups -OCH3 is 3. The van der Waals surface area contributed by atoms with E-state index in [1.54, 1.807) is 12.1 Å². The number of hydrogen-bond donors (Lipinski definition) is 2. The van der Waals surface area contributed by atoms with Crippen LogP contribution in [0.25, 0.3) is 11.6 Å². The van der Waals surface area contributed by atoms with Crippen LogP contribution in [-0.4, -0.2) is 32.3 Å². The normalized spacial score (nSPS) is 11.8. The van der Waals surface area contributed by atoms with E-state index in [2.05, 4.69) is 41.0 Å². The minimum atomic E-state index is -0.392. The summed E-state index contributed by atoms with van der Waals surface area (Å²) in [5.41, 5.74) is 6.04. The predicted octanol–water partition coefficient (Wildman–Crippen LogP) is 4.94. The van der Waals surface area contributed by atoms with Crippen molar-refractivity contribution in [2.75, 3.05) is 26.6 Å². The van der Waals surface area contributed by atoms with Crippen molar-refractivity contribution in [2.24, 2.45) is 0 Å². The zero-order valence-corrected chi connectivity index (χ0v) is 19.4. The molecule has 0 heterocycles. The summed E-state index contributed by atoms with van der Waals surface area (Å²) in [7, 11) is 4.50. The Labute approximate surface area is 198 Å². The van der Waals surface area contributed by atoms with E-state index in [1.807, 2.05) is 24.3 Å². The summed E-state index contributed by atoms with van der Waals surface area (Å²) in [6.45, 7) is 0. The maximum Gasteiger partial charge on any atom is 0.257 e. The van der Waals surface area contributed by atoms with Crippen molar-refractivity contribution >= 4 is 40.6 Å². The topological polar surface area (TPSA) is 68.8 Å². The molecule has 0 saturated carbocycles. The first-order valence-electron chi connectivity index (χ1n) is 10.3. The van der Waals surface area contributed by atoms with Crippen LogP contribution in [0.2, 0.25) is 0 Å². The highest BCUT2D eigenvalue weighted by molar-refractivity contribution is 7.80. The number of ether oxygens (including phenoxy) is 3. The molecule has 0 unspecified atom stereocenters. The number of fused-ring (bicyclic) bond motifs is 1. The molecule has 0 spiro atoms. The summed E-state index contributed by atoms with van der Waals surface area (Å²) < 4.78 is 15.9. The van der Waals surface area contributed by atoms with Gasteiger partial charge in [-0.25, -0.2) is 0 Å². The number of hydrogen-bond acceptors (Lipinski definition) is 5. The third-order valence-corrected chi connectivity index (χ3v) is 5.62. The Morgan fingerprint density at radius 3 is 2.30 bits per heavy atom. The molecule has 3 aromatic carbocycles. The molecular weight excluding hydrogens is 436 g/mol. The number of anilines is 1. The largest absolute Gasteiger partial charge is 0.493 e. The minimum Gasteiger partial charge on any atom is -0.493 e. The van der Waals surface area contributed by atoms with Crippen LogP contribution in [0.1, 0.15) is 27.0 Å². The lowest BCUT2D eigenvalue weighted by atomic mass is 10.0. The number of carbonyl (C=O) groups excluding carboxylic acids is 1. The van der Waals surface area contributed by atoms with Crippen LogP contribution >= 0.6 is 12.2 Å². The summed E-state index contributed by atoms with van der Waals surface area (Å²) >= 11 is 5.37. The van der Waals surface area contributed by atoms with Gasteiger partial charge in [0.2, 0.25) is 5.75 Å². The number of allylic oxidation sites excluding steroid dienone is 1. The SMILES string of the molecule is COc1cc(C(=O)NC(=S)Nc2cccc(C3=Cc4ccccc4C3)c2)cc(OC)c1OC. The number of amides is 1. The second kappa shape index (κ2) is 9.75. The Balaban J connectivity index is 1.46. The van der Waals surface area contributed by atoms with E-state index in [1.165, 1.54) is 38.0 Å². The standard InChI is InChI=1S/C26H24N2O4S/c1-30-22-14-20(15-23(31-2)24(22)32-3)25(29)28-26(33)27-21-10-6-9-18(13-21)19-11-16-7-4-5-8-17(16)12-19/h4-11,13-15H,12H2,1-3H3,(H2,27,28,29,33). The zero-order chi connectivity index (χ0) is 23.4. The van der Waals surface area contributed by atoms with Crippen molar-refractivity contribution < 1.29 is 19.0 Å². The molecule has 0 aromatic heterocycles. The van der Waals surface area contributed by atoms with Crippen molar-refractivity contribution in [1.29, 1.82) is 0 Å². The molecule has 0 fully saturated rings. The van der Waals surface area contributed by atoms with E-state index >= 15 is 0 Å². The average molecular weight is 461 g/mol. The van der Waals surface area contributed by atoms with Gasteiger partial charge in [-0.2, -0.15) is 0 Å². The van der Waals surface area contributed by atoms with Crippen molar-refractivity contribution in [3.05, 3.63) is 82.9 Å². The van der Waals surface area contributed by atoms with Crippen LogP contribution in [-0.2, 0) is 6.42 Å². The predicted molar refractivity (Wildman–Crippen MR) is 134 cm³/mol. The lowest BCUT2D eigenvalue weighted by Gasteiger charge is -2.15. The van der Waals surface area contributed by atoms with Gasteiger partial charge < -0.3 is 19.5 Å². The second-order valence-electron chi connectivity index (χ2n) is 7.45. The van der Waals surface area contributed by atoms with Gasteiger partial charge in [0.05, 0.1) is 21.3 Å². The molecule has 2 N–H and O–H groups in total. The number of benzene rings is 3. The minimum absolute atomic E-state index is 0.189. The molecule has 0 radical (unpaired) electrons. The smallest absolute Gasteiger partial charge is 0.257 e. The molecule has 1 aliphatic rings. The molecule has 7 heteroatoms. The van der Waals surface area contributed by atoms with Gasteiger partial charge in [-0.05, 0) is 65.2 Å². The van der Waals surface area contributed by atoms with Crippen LogP contribution in [0, 0.1) is 0 Å². The number of rotatable bonds is 6. The highest BCUT2D eigenvalue weighted by atomic mass is 32.1. The maximum atomic E-state index is 12.8. The highest BCUT2D eigenvalue weighted by Crippen LogP contribution is 2.38. The van der Waals surface area contributed by atoms with Gasteiger partial charge in [0, 0.05) is 11.3 Å². The third-order valence-electron chi connectivity index (χ3n) is 5.41. The molecule has 0 bridgehead atoms. The van der Waals surface area contributed by atoms with Crippen molar-refractivity contribution in [2.45, 2.75) is 6.42 Å². The van der Waals surface area contributed by atoms with Crippen LogP contribution in [0.4, 0.5) is 5.69 Å². The first kappa shape index (κ1) is 22.4. The molecule has 0 aliphatic heterocycles. The second-order valence-corrected chi connectivity index (χ2v) is 7.86. The third kappa shape index (κ3) is 4.83. The molecule has 0 atom stereocenters. The Hall–Kier alpha value is -3.84. The van der Waals surface area contributed by atoms with Gasteiger partial charge in [0.25, 0.3) is 5.91 Å².